The average molecular weight is 520 g/mol. The highest BCUT2D eigenvalue weighted by atomic mass is 16.5. The topological polar surface area (TPSA) is 150 Å². The minimum atomic E-state index is -0.557. The Morgan fingerprint density at radius 1 is 1.11 bits per heavy atom. The second kappa shape index (κ2) is 11.5. The molecule has 0 radical (unpaired) electrons. The van der Waals surface area contributed by atoms with E-state index in [0.717, 1.165) is 10.1 Å². The van der Waals surface area contributed by atoms with E-state index < -0.39 is 11.2 Å². The molecule has 2 aromatic heterocycles. The first-order valence-corrected chi connectivity index (χ1v) is 12.0. The minimum absolute atomic E-state index is 0.0197. The summed E-state index contributed by atoms with van der Waals surface area (Å²) in [5.74, 6) is 0.471. The van der Waals surface area contributed by atoms with Crippen molar-refractivity contribution >= 4 is 29.5 Å². The number of aromatic amines is 1. The van der Waals surface area contributed by atoms with Crippen molar-refractivity contribution < 1.29 is 14.3 Å². The number of ether oxygens (including phenoxy) is 1. The Balaban J connectivity index is 1.54. The molecule has 0 atom stereocenters. The molecule has 3 aromatic rings. The maximum absolute atomic E-state index is 13.3. The zero-order valence-corrected chi connectivity index (χ0v) is 21.3. The normalized spacial score (nSPS) is 12.3. The largest absolute Gasteiger partial charge is 0.481 e. The smallest absolute Gasteiger partial charge is 0.330 e. The van der Waals surface area contributed by atoms with E-state index in [1.165, 1.54) is 13.2 Å². The van der Waals surface area contributed by atoms with Gasteiger partial charge in [-0.15, -0.1) is 0 Å². The first-order valence-electron chi connectivity index (χ1n) is 12.0. The molecule has 0 saturated carbocycles. The Morgan fingerprint density at radius 3 is 2.58 bits per heavy atom. The molecular weight excluding hydrogens is 490 g/mol. The van der Waals surface area contributed by atoms with Gasteiger partial charge in [0.25, 0.3) is 5.56 Å². The Kier molecular flexibility index (Phi) is 7.90. The molecule has 3 amide bonds. The van der Waals surface area contributed by atoms with Gasteiger partial charge in [-0.25, -0.2) is 14.6 Å². The molecular formula is C26H29N7O5. The molecule has 0 fully saturated rings. The Hall–Kier alpha value is -4.87. The van der Waals surface area contributed by atoms with Crippen molar-refractivity contribution in [1.29, 1.82) is 0 Å². The van der Waals surface area contributed by atoms with Crippen LogP contribution in [-0.4, -0.2) is 53.7 Å². The molecule has 0 bridgehead atoms. The van der Waals surface area contributed by atoms with Crippen LogP contribution in [0.3, 0.4) is 0 Å². The number of amides is 3. The number of urea groups is 1. The van der Waals surface area contributed by atoms with Crippen LogP contribution in [0.25, 0.3) is 6.08 Å². The maximum atomic E-state index is 13.3. The number of benzene rings is 1. The van der Waals surface area contributed by atoms with Gasteiger partial charge in [0.15, 0.2) is 0 Å². The highest BCUT2D eigenvalue weighted by molar-refractivity contribution is 6.00. The second-order valence-electron chi connectivity index (χ2n) is 8.68. The summed E-state index contributed by atoms with van der Waals surface area (Å²) in [5.41, 5.74) is 1.63. The standard InChI is InChI=1S/C26H29N7O5/c1-4-27-25(36)30-19-7-5-16(6-8-19)14-33-24(35)20-12-18(15-32(2)22(20)31-26(33)37)23(34)29-13-17-9-10-28-21(11-17)38-3/h5-12H,4,13-15H2,1-3H3,(H,29,34)(H,31,37)(H2,27,30,36). The number of hydrogen-bond acceptors (Lipinski definition) is 7. The number of carbonyl (C=O) groups is 2. The van der Waals surface area contributed by atoms with Gasteiger partial charge >= 0.3 is 11.7 Å². The molecule has 1 aliphatic heterocycles. The number of H-pyrrole nitrogens is 1. The molecule has 1 aliphatic rings. The van der Waals surface area contributed by atoms with Gasteiger partial charge in [0.05, 0.1) is 19.2 Å². The summed E-state index contributed by atoms with van der Waals surface area (Å²) in [5, 5.41) is 8.19. The third kappa shape index (κ3) is 5.91. The van der Waals surface area contributed by atoms with Crippen LogP contribution >= 0.6 is 0 Å². The zero-order chi connectivity index (χ0) is 27.2. The van der Waals surface area contributed by atoms with E-state index in [1.807, 2.05) is 6.92 Å². The van der Waals surface area contributed by atoms with Crippen LogP contribution in [-0.2, 0) is 17.9 Å². The molecule has 4 rings (SSSR count). The summed E-state index contributed by atoms with van der Waals surface area (Å²) in [6.45, 7) is 2.82. The average Bonchev–Trinajstić information content (AvgIpc) is 2.91. The summed E-state index contributed by atoms with van der Waals surface area (Å²) in [7, 11) is 3.22. The molecule has 0 aliphatic carbocycles. The number of hydrogen-bond donors (Lipinski definition) is 4. The fourth-order valence-electron chi connectivity index (χ4n) is 4.02. The van der Waals surface area contributed by atoms with Gasteiger partial charge in [-0.2, -0.15) is 0 Å². The first-order chi connectivity index (χ1) is 18.3. The predicted octanol–water partition coefficient (Wildman–Crippen LogP) is 1.28. The van der Waals surface area contributed by atoms with Crippen LogP contribution in [0.1, 0.15) is 23.6 Å². The highest BCUT2D eigenvalue weighted by Gasteiger charge is 2.24. The van der Waals surface area contributed by atoms with E-state index in [0.29, 0.717) is 35.1 Å². The van der Waals surface area contributed by atoms with E-state index in [2.05, 4.69) is 25.9 Å². The maximum Gasteiger partial charge on any atom is 0.330 e. The number of nitrogens with zero attached hydrogens (tertiary/aromatic N) is 3. The van der Waals surface area contributed by atoms with Crippen molar-refractivity contribution in [3.63, 3.8) is 0 Å². The van der Waals surface area contributed by atoms with Crippen LogP contribution in [0, 0.1) is 0 Å². The van der Waals surface area contributed by atoms with Crippen LogP contribution < -0.4 is 36.8 Å². The van der Waals surface area contributed by atoms with Crippen LogP contribution in [0.5, 0.6) is 5.88 Å². The number of pyridine rings is 1. The molecule has 0 saturated heterocycles. The van der Waals surface area contributed by atoms with Gasteiger partial charge in [-0.3, -0.25) is 19.1 Å². The summed E-state index contributed by atoms with van der Waals surface area (Å²) in [6, 6.07) is 10.0. The molecule has 4 N–H and O–H groups in total. The number of methoxy groups -OCH3 is 1. The molecule has 198 valence electrons. The van der Waals surface area contributed by atoms with Crippen LogP contribution in [0.2, 0.25) is 0 Å². The lowest BCUT2D eigenvalue weighted by Crippen LogP contribution is -2.42. The van der Waals surface area contributed by atoms with Gasteiger partial charge in [0, 0.05) is 50.2 Å². The number of fused-ring (bicyclic) bond motifs is 1. The molecule has 1 aromatic carbocycles. The molecule has 3 heterocycles. The molecule has 12 nitrogen and oxygen atoms in total. The van der Waals surface area contributed by atoms with Crippen molar-refractivity contribution in [3.8, 4) is 5.88 Å². The lowest BCUT2D eigenvalue weighted by Gasteiger charge is -2.26. The summed E-state index contributed by atoms with van der Waals surface area (Å²) in [6.07, 6.45) is 3.11. The van der Waals surface area contributed by atoms with Crippen molar-refractivity contribution in [2.75, 3.05) is 37.5 Å². The van der Waals surface area contributed by atoms with Crippen molar-refractivity contribution in [1.82, 2.24) is 25.2 Å². The Bertz CT molecular complexity index is 1490. The summed E-state index contributed by atoms with van der Waals surface area (Å²) < 4.78 is 6.19. The van der Waals surface area contributed by atoms with Crippen molar-refractivity contribution in [3.05, 3.63) is 85.7 Å². The third-order valence-electron chi connectivity index (χ3n) is 5.95. The second-order valence-corrected chi connectivity index (χ2v) is 8.68. The number of nitrogens with one attached hydrogen (secondary N) is 4. The van der Waals surface area contributed by atoms with Crippen molar-refractivity contribution in [2.45, 2.75) is 20.0 Å². The van der Waals surface area contributed by atoms with Gasteiger partial charge in [-0.1, -0.05) is 12.1 Å². The number of aromatic nitrogens is 3. The monoisotopic (exact) mass is 519 g/mol. The third-order valence-corrected chi connectivity index (χ3v) is 5.95. The van der Waals surface area contributed by atoms with Crippen LogP contribution in [0.15, 0.2) is 57.8 Å². The molecule has 12 heteroatoms. The van der Waals surface area contributed by atoms with Crippen LogP contribution in [0.4, 0.5) is 16.3 Å². The molecule has 0 unspecified atom stereocenters. The Morgan fingerprint density at radius 2 is 1.87 bits per heavy atom. The number of likely N-dealkylation sites (N-methyl/N-ethyl adjacent to an activating group) is 1. The minimum Gasteiger partial charge on any atom is -0.481 e. The Labute approximate surface area is 218 Å². The van der Waals surface area contributed by atoms with E-state index in [1.54, 1.807) is 54.5 Å². The zero-order valence-electron chi connectivity index (χ0n) is 21.3. The van der Waals surface area contributed by atoms with E-state index in [4.69, 9.17) is 4.74 Å². The van der Waals surface area contributed by atoms with Gasteiger partial charge in [-0.05, 0) is 42.3 Å². The predicted molar refractivity (Wildman–Crippen MR) is 143 cm³/mol. The van der Waals surface area contributed by atoms with E-state index in [9.17, 15) is 19.2 Å². The number of carbonyl (C=O) groups excluding carboxylic acids is 2. The molecule has 0 spiro atoms. The quantitative estimate of drug-likeness (QED) is 0.350. The van der Waals surface area contributed by atoms with Gasteiger partial charge < -0.3 is 25.6 Å². The number of rotatable bonds is 8. The number of anilines is 2. The van der Waals surface area contributed by atoms with E-state index >= 15 is 0 Å². The fourth-order valence-corrected chi connectivity index (χ4v) is 4.02. The van der Waals surface area contributed by atoms with E-state index in [-0.39, 0.29) is 37.1 Å². The lowest BCUT2D eigenvalue weighted by molar-refractivity contribution is -0.117. The lowest BCUT2D eigenvalue weighted by atomic mass is 10.1. The highest BCUT2D eigenvalue weighted by Crippen LogP contribution is 2.22. The van der Waals surface area contributed by atoms with Gasteiger partial charge in [0.2, 0.25) is 11.8 Å². The van der Waals surface area contributed by atoms with Gasteiger partial charge in [0.1, 0.15) is 5.82 Å². The molecule has 38 heavy (non-hydrogen) atoms. The fraction of sp³-hybridized carbons (Fsp3) is 0.269. The van der Waals surface area contributed by atoms with Crippen molar-refractivity contribution in [2.24, 2.45) is 0 Å². The first kappa shape index (κ1) is 26.2. The SMILES string of the molecule is CCNC(=O)Nc1ccc(Cn2c(=O)[nH]c3c(c2=O)C=C(C(=O)NCc2ccnc(OC)c2)CN3C)cc1. The summed E-state index contributed by atoms with van der Waals surface area (Å²) >= 11 is 0. The summed E-state index contributed by atoms with van der Waals surface area (Å²) in [4.78, 5) is 59.2.